The molecule has 0 spiro atoms. The normalized spacial score (nSPS) is 14.7. The number of rotatable bonds is 7. The van der Waals surface area contributed by atoms with Gasteiger partial charge in [0.15, 0.2) is 6.10 Å². The van der Waals surface area contributed by atoms with Crippen molar-refractivity contribution in [2.45, 2.75) is 20.0 Å². The number of halogens is 1. The molecule has 1 aromatic heterocycles. The number of amides is 1. The van der Waals surface area contributed by atoms with Crippen LogP contribution in [0.1, 0.15) is 18.2 Å². The second-order valence-corrected chi connectivity index (χ2v) is 8.44. The van der Waals surface area contributed by atoms with Gasteiger partial charge in [-0.15, -0.1) is 0 Å². The maximum atomic E-state index is 12.5. The molecule has 0 radical (unpaired) electrons. The number of nitrogens with zero attached hydrogens (tertiary/aromatic N) is 3. The summed E-state index contributed by atoms with van der Waals surface area (Å²) in [5.74, 6) is -1.07. The van der Waals surface area contributed by atoms with Crippen LogP contribution < -0.4 is 10.2 Å². The predicted octanol–water partition coefficient (Wildman–Crippen LogP) is 4.25. The van der Waals surface area contributed by atoms with E-state index in [2.05, 4.69) is 15.3 Å². The summed E-state index contributed by atoms with van der Waals surface area (Å²) in [5, 5.41) is 7.59. The van der Waals surface area contributed by atoms with Crippen molar-refractivity contribution in [3.8, 4) is 5.69 Å². The molecule has 2 heterocycles. The zero-order valence-corrected chi connectivity index (χ0v) is 20.4. The molecule has 35 heavy (non-hydrogen) atoms. The van der Waals surface area contributed by atoms with Crippen LogP contribution >= 0.6 is 11.6 Å². The molecule has 1 unspecified atom stereocenters. The van der Waals surface area contributed by atoms with Crippen LogP contribution in [0.2, 0.25) is 5.15 Å². The molecule has 1 aliphatic rings. The quantitative estimate of drug-likeness (QED) is 0.390. The van der Waals surface area contributed by atoms with E-state index in [1.54, 1.807) is 17.7 Å². The highest BCUT2D eigenvalue weighted by atomic mass is 35.5. The Hall–Kier alpha value is -3.62. The average molecular weight is 495 g/mol. The molecule has 2 aromatic carbocycles. The van der Waals surface area contributed by atoms with Crippen molar-refractivity contribution in [1.82, 2.24) is 9.78 Å². The molecule has 0 bridgehead atoms. The number of ether oxygens (including phenoxy) is 2. The Kier molecular flexibility index (Phi) is 7.84. The van der Waals surface area contributed by atoms with E-state index in [9.17, 15) is 9.59 Å². The zero-order chi connectivity index (χ0) is 24.8. The van der Waals surface area contributed by atoms with E-state index in [-0.39, 0.29) is 0 Å². The van der Waals surface area contributed by atoms with E-state index in [0.29, 0.717) is 35.3 Å². The maximum Gasteiger partial charge on any atom is 0.331 e. The number of para-hydroxylation sites is 1. The molecule has 4 rings (SSSR count). The van der Waals surface area contributed by atoms with E-state index in [4.69, 9.17) is 21.1 Å². The van der Waals surface area contributed by atoms with Gasteiger partial charge in [-0.05, 0) is 56.3 Å². The fourth-order valence-corrected chi connectivity index (χ4v) is 4.02. The fraction of sp³-hybridized carbons (Fsp3) is 0.269. The van der Waals surface area contributed by atoms with E-state index < -0.39 is 18.0 Å². The summed E-state index contributed by atoms with van der Waals surface area (Å²) >= 11 is 6.48. The number of esters is 1. The summed E-state index contributed by atoms with van der Waals surface area (Å²) in [6, 6.07) is 17.0. The standard InChI is InChI=1S/C26H27ClN4O4/c1-18-23(25(27)31(29-18)22-6-4-3-5-7-22)12-13-24(32)35-19(2)26(33)28-20-8-10-21(11-9-20)30-14-16-34-17-15-30/h3-13,19H,14-17H2,1-2H3,(H,28,33)/b13-12+. The summed E-state index contributed by atoms with van der Waals surface area (Å²) in [7, 11) is 0. The van der Waals surface area contributed by atoms with Crippen LogP contribution in [0, 0.1) is 6.92 Å². The van der Waals surface area contributed by atoms with Crippen LogP contribution in [0.25, 0.3) is 11.8 Å². The van der Waals surface area contributed by atoms with Crippen molar-refractivity contribution >= 4 is 40.9 Å². The number of carbonyl (C=O) groups is 2. The van der Waals surface area contributed by atoms with Gasteiger partial charge in [0, 0.05) is 36.1 Å². The maximum absolute atomic E-state index is 12.5. The minimum atomic E-state index is -0.977. The Morgan fingerprint density at radius 3 is 2.46 bits per heavy atom. The lowest BCUT2D eigenvalue weighted by Crippen LogP contribution is -2.36. The summed E-state index contributed by atoms with van der Waals surface area (Å²) in [6.45, 7) is 6.41. The monoisotopic (exact) mass is 494 g/mol. The van der Waals surface area contributed by atoms with Crippen molar-refractivity contribution in [3.05, 3.63) is 77.1 Å². The number of carbonyl (C=O) groups excluding carboxylic acids is 2. The Balaban J connectivity index is 1.33. The number of benzene rings is 2. The molecule has 1 fully saturated rings. The molecular weight excluding hydrogens is 468 g/mol. The Morgan fingerprint density at radius 2 is 1.77 bits per heavy atom. The Morgan fingerprint density at radius 1 is 1.09 bits per heavy atom. The molecule has 3 aromatic rings. The number of hydrogen-bond donors (Lipinski definition) is 1. The second-order valence-electron chi connectivity index (χ2n) is 8.09. The summed E-state index contributed by atoms with van der Waals surface area (Å²) in [6.07, 6.45) is 1.81. The van der Waals surface area contributed by atoms with Crippen LogP contribution in [0.15, 0.2) is 60.7 Å². The molecule has 8 nitrogen and oxygen atoms in total. The Labute approximate surface area is 209 Å². The number of morpholine rings is 1. The molecule has 1 saturated heterocycles. The van der Waals surface area contributed by atoms with Crippen LogP contribution in [-0.2, 0) is 19.1 Å². The molecule has 9 heteroatoms. The van der Waals surface area contributed by atoms with E-state index in [1.165, 1.54) is 13.0 Å². The Bertz CT molecular complexity index is 1200. The van der Waals surface area contributed by atoms with Crippen molar-refractivity contribution in [3.63, 3.8) is 0 Å². The molecular formula is C26H27ClN4O4. The first-order valence-corrected chi connectivity index (χ1v) is 11.7. The minimum Gasteiger partial charge on any atom is -0.449 e. The number of hydrogen-bond acceptors (Lipinski definition) is 6. The third kappa shape index (κ3) is 6.09. The summed E-state index contributed by atoms with van der Waals surface area (Å²) < 4.78 is 12.2. The molecule has 1 N–H and O–H groups in total. The van der Waals surface area contributed by atoms with Crippen LogP contribution in [0.5, 0.6) is 0 Å². The SMILES string of the molecule is Cc1nn(-c2ccccc2)c(Cl)c1/C=C/C(=O)OC(C)C(=O)Nc1ccc(N2CCOCC2)cc1. The second kappa shape index (κ2) is 11.2. The first-order valence-electron chi connectivity index (χ1n) is 11.4. The van der Waals surface area contributed by atoms with Gasteiger partial charge in [-0.2, -0.15) is 5.10 Å². The lowest BCUT2D eigenvalue weighted by atomic mass is 10.2. The molecule has 1 aliphatic heterocycles. The first kappa shape index (κ1) is 24.5. The number of anilines is 2. The molecule has 182 valence electrons. The average Bonchev–Trinajstić information content (AvgIpc) is 3.17. The third-order valence-electron chi connectivity index (χ3n) is 5.61. The highest BCUT2D eigenvalue weighted by molar-refractivity contribution is 6.31. The highest BCUT2D eigenvalue weighted by Crippen LogP contribution is 2.25. The zero-order valence-electron chi connectivity index (χ0n) is 19.6. The van der Waals surface area contributed by atoms with Crippen LogP contribution in [0.4, 0.5) is 11.4 Å². The number of nitrogens with one attached hydrogen (secondary N) is 1. The van der Waals surface area contributed by atoms with Gasteiger partial charge in [0.25, 0.3) is 5.91 Å². The van der Waals surface area contributed by atoms with Gasteiger partial charge in [-0.25, -0.2) is 9.48 Å². The van der Waals surface area contributed by atoms with E-state index in [0.717, 1.165) is 24.5 Å². The van der Waals surface area contributed by atoms with E-state index in [1.807, 2.05) is 54.6 Å². The highest BCUT2D eigenvalue weighted by Gasteiger charge is 2.18. The van der Waals surface area contributed by atoms with Gasteiger partial charge < -0.3 is 19.7 Å². The molecule has 1 amide bonds. The minimum absolute atomic E-state index is 0.379. The van der Waals surface area contributed by atoms with Crippen LogP contribution in [0.3, 0.4) is 0 Å². The van der Waals surface area contributed by atoms with Crippen molar-refractivity contribution in [2.75, 3.05) is 36.5 Å². The van der Waals surface area contributed by atoms with Gasteiger partial charge in [0.2, 0.25) is 0 Å². The van der Waals surface area contributed by atoms with Gasteiger partial charge in [-0.3, -0.25) is 4.79 Å². The molecule has 1 atom stereocenters. The predicted molar refractivity (Wildman–Crippen MR) is 136 cm³/mol. The van der Waals surface area contributed by atoms with Crippen molar-refractivity contribution in [1.29, 1.82) is 0 Å². The smallest absolute Gasteiger partial charge is 0.331 e. The lowest BCUT2D eigenvalue weighted by Gasteiger charge is -2.28. The number of aryl methyl sites for hydroxylation is 1. The van der Waals surface area contributed by atoms with Gasteiger partial charge in [0.1, 0.15) is 5.15 Å². The topological polar surface area (TPSA) is 85.7 Å². The largest absolute Gasteiger partial charge is 0.449 e. The lowest BCUT2D eigenvalue weighted by molar-refractivity contribution is -0.148. The van der Waals surface area contributed by atoms with Gasteiger partial charge in [-0.1, -0.05) is 29.8 Å². The summed E-state index contributed by atoms with van der Waals surface area (Å²) in [4.78, 5) is 27.1. The third-order valence-corrected chi connectivity index (χ3v) is 5.97. The van der Waals surface area contributed by atoms with Gasteiger partial charge in [0.05, 0.1) is 24.6 Å². The molecule has 0 aliphatic carbocycles. The van der Waals surface area contributed by atoms with Gasteiger partial charge >= 0.3 is 5.97 Å². The summed E-state index contributed by atoms with van der Waals surface area (Å²) in [5.41, 5.74) is 3.77. The van der Waals surface area contributed by atoms with Crippen LogP contribution in [-0.4, -0.2) is 54.1 Å². The fourth-order valence-electron chi connectivity index (χ4n) is 3.68. The van der Waals surface area contributed by atoms with Crippen molar-refractivity contribution in [2.24, 2.45) is 0 Å². The number of aromatic nitrogens is 2. The van der Waals surface area contributed by atoms with Crippen molar-refractivity contribution < 1.29 is 19.1 Å². The molecule has 0 saturated carbocycles. The van der Waals surface area contributed by atoms with E-state index >= 15 is 0 Å². The first-order chi connectivity index (χ1) is 16.9.